The summed E-state index contributed by atoms with van der Waals surface area (Å²) in [6, 6.07) is -0.701. The van der Waals surface area contributed by atoms with Crippen molar-refractivity contribution in [1.29, 1.82) is 0 Å². The zero-order valence-corrected chi connectivity index (χ0v) is 15.4. The lowest BCUT2D eigenvalue weighted by molar-refractivity contribution is -0.523. The maximum atomic E-state index is 11.2. The van der Waals surface area contributed by atoms with Crippen molar-refractivity contribution in [2.75, 3.05) is 6.61 Å². The van der Waals surface area contributed by atoms with Gasteiger partial charge in [0.25, 0.3) is 0 Å². The van der Waals surface area contributed by atoms with Gasteiger partial charge in [-0.2, -0.15) is 0 Å². The molecule has 0 bridgehead atoms. The minimum absolute atomic E-state index is 0.108. The molecule has 0 aliphatic heterocycles. The first-order valence-corrected chi connectivity index (χ1v) is 10.5. The molecule has 1 aromatic heterocycles. The molecule has 0 fully saturated rings. The van der Waals surface area contributed by atoms with E-state index in [2.05, 4.69) is 43.8 Å². The van der Waals surface area contributed by atoms with Gasteiger partial charge in [0, 0.05) is 30.3 Å². The van der Waals surface area contributed by atoms with Crippen molar-refractivity contribution >= 4 is 8.32 Å². The smallest absolute Gasteiger partial charge is 0.222 e. The van der Waals surface area contributed by atoms with Crippen LogP contribution in [0.1, 0.15) is 38.6 Å². The highest BCUT2D eigenvalue weighted by atomic mass is 28.4. The third kappa shape index (κ3) is 5.45. The molecular formula is C15H27N3O3Si. The molecule has 0 spiro atoms. The van der Waals surface area contributed by atoms with Crippen molar-refractivity contribution in [3.05, 3.63) is 33.9 Å². The molecule has 0 radical (unpaired) electrons. The highest BCUT2D eigenvalue weighted by Gasteiger charge is 2.37. The highest BCUT2D eigenvalue weighted by Crippen LogP contribution is 2.36. The summed E-state index contributed by atoms with van der Waals surface area (Å²) in [5.41, 5.74) is 0.947. The minimum atomic E-state index is -1.86. The Morgan fingerprint density at radius 1 is 1.32 bits per heavy atom. The van der Waals surface area contributed by atoms with E-state index in [1.54, 1.807) is 12.4 Å². The van der Waals surface area contributed by atoms with E-state index in [-0.39, 0.29) is 16.4 Å². The molecule has 1 aromatic rings. The van der Waals surface area contributed by atoms with E-state index in [1.165, 1.54) is 0 Å². The number of aryl methyl sites for hydroxylation is 1. The van der Waals surface area contributed by atoms with Crippen molar-refractivity contribution < 1.29 is 9.35 Å². The van der Waals surface area contributed by atoms with Gasteiger partial charge in [-0.3, -0.25) is 10.1 Å². The number of hydrogen-bond donors (Lipinski definition) is 0. The second-order valence-electron chi connectivity index (χ2n) is 7.22. The number of nitro groups is 1. The lowest BCUT2D eigenvalue weighted by Gasteiger charge is -2.36. The summed E-state index contributed by atoms with van der Waals surface area (Å²) >= 11 is 0. The second kappa shape index (κ2) is 7.28. The van der Waals surface area contributed by atoms with Crippen LogP contribution in [-0.4, -0.2) is 35.9 Å². The van der Waals surface area contributed by atoms with Crippen LogP contribution < -0.4 is 0 Å². The quantitative estimate of drug-likeness (QED) is 0.436. The van der Waals surface area contributed by atoms with E-state index in [0.29, 0.717) is 18.9 Å². The minimum Gasteiger partial charge on any atom is -0.417 e. The molecule has 124 valence electrons. The number of aromatic nitrogens is 2. The number of hydrogen-bond acceptors (Lipinski definition) is 5. The highest BCUT2D eigenvalue weighted by molar-refractivity contribution is 6.74. The van der Waals surface area contributed by atoms with Gasteiger partial charge in [-0.05, 0) is 30.6 Å². The van der Waals surface area contributed by atoms with Crippen LogP contribution in [0.4, 0.5) is 0 Å². The molecule has 0 aliphatic rings. The van der Waals surface area contributed by atoms with Crippen LogP contribution in [0.25, 0.3) is 0 Å². The maximum Gasteiger partial charge on any atom is 0.222 e. The van der Waals surface area contributed by atoms with Gasteiger partial charge in [0.2, 0.25) is 6.04 Å². The van der Waals surface area contributed by atoms with E-state index < -0.39 is 14.4 Å². The Bertz CT molecular complexity index is 498. The zero-order chi connectivity index (χ0) is 17.0. The zero-order valence-electron chi connectivity index (χ0n) is 14.4. The molecule has 0 amide bonds. The van der Waals surface area contributed by atoms with Gasteiger partial charge in [-0.15, -0.1) is 0 Å². The third-order valence-corrected chi connectivity index (χ3v) is 8.81. The fraction of sp³-hybridized carbons (Fsp3) is 0.733. The average Bonchev–Trinajstić information content (AvgIpc) is 2.38. The van der Waals surface area contributed by atoms with Crippen molar-refractivity contribution in [3.63, 3.8) is 0 Å². The molecule has 0 saturated heterocycles. The van der Waals surface area contributed by atoms with Crippen LogP contribution >= 0.6 is 0 Å². The molecule has 0 aliphatic carbocycles. The first-order chi connectivity index (χ1) is 10.0. The van der Waals surface area contributed by atoms with Gasteiger partial charge in [-0.1, -0.05) is 20.8 Å². The molecule has 1 unspecified atom stereocenters. The summed E-state index contributed by atoms with van der Waals surface area (Å²) in [6.07, 6.45) is 4.00. The molecule has 1 heterocycles. The Hall–Kier alpha value is -1.34. The van der Waals surface area contributed by atoms with Gasteiger partial charge in [-0.25, -0.2) is 9.97 Å². The Morgan fingerprint density at radius 2 is 1.86 bits per heavy atom. The summed E-state index contributed by atoms with van der Waals surface area (Å²) < 4.78 is 6.03. The molecule has 7 heteroatoms. The Balaban J connectivity index is 2.59. The van der Waals surface area contributed by atoms with Crippen LogP contribution in [0.3, 0.4) is 0 Å². The summed E-state index contributed by atoms with van der Waals surface area (Å²) in [5, 5.41) is 11.3. The molecule has 0 N–H and O–H groups in total. The molecular weight excluding hydrogens is 298 g/mol. The van der Waals surface area contributed by atoms with Crippen LogP contribution in [0.5, 0.6) is 0 Å². The Morgan fingerprint density at radius 3 is 2.32 bits per heavy atom. The molecule has 1 atom stereocenters. The van der Waals surface area contributed by atoms with Gasteiger partial charge in [0.15, 0.2) is 8.32 Å². The predicted molar refractivity (Wildman–Crippen MR) is 89.0 cm³/mol. The first-order valence-electron chi connectivity index (χ1n) is 7.58. The van der Waals surface area contributed by atoms with Crippen molar-refractivity contribution in [3.8, 4) is 0 Å². The van der Waals surface area contributed by atoms with Gasteiger partial charge >= 0.3 is 0 Å². The molecule has 0 aromatic carbocycles. The standard InChI is InChI=1S/C15H27N3O3Si/c1-12-10-16-14(17-11-12)9-13(18(19)20)7-8-21-22(5,6)15(2,3)4/h10-11,13H,7-9H2,1-6H3. The number of nitrogens with zero attached hydrogens (tertiary/aromatic N) is 3. The SMILES string of the molecule is Cc1cnc(CC(CCO[Si](C)(C)C(C)(C)C)[N+](=O)[O-])nc1. The number of rotatable bonds is 7. The maximum absolute atomic E-state index is 11.2. The molecule has 22 heavy (non-hydrogen) atoms. The lowest BCUT2D eigenvalue weighted by atomic mass is 10.1. The van der Waals surface area contributed by atoms with Crippen LogP contribution in [0.2, 0.25) is 18.1 Å². The Labute approximate surface area is 133 Å². The van der Waals surface area contributed by atoms with Gasteiger partial charge in [0.1, 0.15) is 5.82 Å². The van der Waals surface area contributed by atoms with E-state index in [1.807, 2.05) is 6.92 Å². The average molecular weight is 325 g/mol. The van der Waals surface area contributed by atoms with Crippen molar-refractivity contribution in [1.82, 2.24) is 9.97 Å². The van der Waals surface area contributed by atoms with Crippen molar-refractivity contribution in [2.24, 2.45) is 0 Å². The fourth-order valence-electron chi connectivity index (χ4n) is 1.68. The predicted octanol–water partition coefficient (Wildman–Crippen LogP) is 3.38. The molecule has 6 nitrogen and oxygen atoms in total. The topological polar surface area (TPSA) is 78.2 Å². The largest absolute Gasteiger partial charge is 0.417 e. The van der Waals surface area contributed by atoms with E-state index in [0.717, 1.165) is 5.56 Å². The summed E-state index contributed by atoms with van der Waals surface area (Å²) in [5.74, 6) is 0.514. The summed E-state index contributed by atoms with van der Waals surface area (Å²) in [6.45, 7) is 13.1. The monoisotopic (exact) mass is 325 g/mol. The summed E-state index contributed by atoms with van der Waals surface area (Å²) in [4.78, 5) is 19.3. The lowest BCUT2D eigenvalue weighted by Crippen LogP contribution is -2.41. The summed E-state index contributed by atoms with van der Waals surface area (Å²) in [7, 11) is -1.86. The van der Waals surface area contributed by atoms with Gasteiger partial charge < -0.3 is 4.43 Å². The fourth-order valence-corrected chi connectivity index (χ4v) is 2.75. The van der Waals surface area contributed by atoms with E-state index in [9.17, 15) is 10.1 Å². The van der Waals surface area contributed by atoms with E-state index in [4.69, 9.17) is 4.43 Å². The Kier molecular flexibility index (Phi) is 6.19. The van der Waals surface area contributed by atoms with Crippen LogP contribution in [0, 0.1) is 17.0 Å². The van der Waals surface area contributed by atoms with E-state index >= 15 is 0 Å². The normalized spacial score (nSPS) is 13.9. The molecule has 0 saturated carbocycles. The first kappa shape index (κ1) is 18.7. The van der Waals surface area contributed by atoms with Crippen LogP contribution in [0.15, 0.2) is 12.4 Å². The molecule has 1 rings (SSSR count). The van der Waals surface area contributed by atoms with Crippen LogP contribution in [-0.2, 0) is 10.8 Å². The van der Waals surface area contributed by atoms with Crippen molar-refractivity contribution in [2.45, 2.75) is 64.7 Å². The second-order valence-corrected chi connectivity index (χ2v) is 12.0. The third-order valence-electron chi connectivity index (χ3n) is 4.27. The van der Waals surface area contributed by atoms with Gasteiger partial charge in [0.05, 0.1) is 6.42 Å².